The van der Waals surface area contributed by atoms with E-state index in [0.717, 1.165) is 0 Å². The van der Waals surface area contributed by atoms with Gasteiger partial charge in [-0.3, -0.25) is 4.79 Å². The summed E-state index contributed by atoms with van der Waals surface area (Å²) in [5, 5.41) is 14.8. The molecular formula is C17H24N2O8S. The Bertz CT molecular complexity index is 789. The maximum absolute atomic E-state index is 12.5. The first-order chi connectivity index (χ1) is 13.1. The lowest BCUT2D eigenvalue weighted by molar-refractivity contribution is -0.159. The number of carboxylic acids is 2. The van der Waals surface area contributed by atoms with Gasteiger partial charge < -0.3 is 19.8 Å². The molecule has 28 heavy (non-hydrogen) atoms. The highest BCUT2D eigenvalue weighted by Crippen LogP contribution is 2.16. The van der Waals surface area contributed by atoms with Gasteiger partial charge in [0.05, 0.1) is 12.9 Å². The monoisotopic (exact) mass is 416 g/mol. The molecule has 0 atom stereocenters. The summed E-state index contributed by atoms with van der Waals surface area (Å²) in [5.41, 5.74) is 0.559. The lowest BCUT2D eigenvalue weighted by Gasteiger charge is -2.34. The molecule has 1 fully saturated rings. The molecule has 0 spiro atoms. The Hall–Kier alpha value is -2.66. The topological polar surface area (TPSA) is 142 Å². The zero-order valence-corrected chi connectivity index (χ0v) is 16.5. The minimum absolute atomic E-state index is 0.0913. The van der Waals surface area contributed by atoms with Crippen LogP contribution in [0.3, 0.4) is 0 Å². The summed E-state index contributed by atoms with van der Waals surface area (Å²) >= 11 is 0. The molecule has 1 saturated heterocycles. The molecule has 0 saturated carbocycles. The fraction of sp³-hybridized carbons (Fsp3) is 0.471. The second-order valence-corrected chi connectivity index (χ2v) is 7.94. The number of hydrogen-bond acceptors (Lipinski definition) is 6. The third-order valence-corrected chi connectivity index (χ3v) is 5.96. The number of amides is 1. The molecule has 1 heterocycles. The van der Waals surface area contributed by atoms with E-state index >= 15 is 0 Å². The molecule has 0 aliphatic carbocycles. The first-order valence-electron chi connectivity index (χ1n) is 8.49. The Morgan fingerprint density at radius 1 is 1.07 bits per heavy atom. The normalized spacial score (nSPS) is 14.6. The van der Waals surface area contributed by atoms with Gasteiger partial charge in [0.1, 0.15) is 5.75 Å². The van der Waals surface area contributed by atoms with Crippen molar-refractivity contribution in [1.29, 1.82) is 0 Å². The minimum Gasteiger partial charge on any atom is -0.497 e. The van der Waals surface area contributed by atoms with Crippen LogP contribution in [0.2, 0.25) is 0 Å². The second-order valence-electron chi connectivity index (χ2n) is 5.85. The van der Waals surface area contributed by atoms with E-state index in [1.54, 1.807) is 36.3 Å². The quantitative estimate of drug-likeness (QED) is 0.655. The number of ether oxygens (including phenoxy) is 1. The number of rotatable bonds is 5. The smallest absolute Gasteiger partial charge is 0.414 e. The van der Waals surface area contributed by atoms with E-state index in [9.17, 15) is 13.2 Å². The number of piperazine rings is 1. The van der Waals surface area contributed by atoms with Crippen LogP contribution in [0, 0.1) is 0 Å². The molecule has 1 aliphatic heterocycles. The van der Waals surface area contributed by atoms with Crippen molar-refractivity contribution < 1.29 is 37.8 Å². The van der Waals surface area contributed by atoms with Crippen LogP contribution in [0.15, 0.2) is 24.3 Å². The molecule has 1 aromatic rings. The molecule has 2 rings (SSSR count). The highest BCUT2D eigenvalue weighted by Gasteiger charge is 2.28. The summed E-state index contributed by atoms with van der Waals surface area (Å²) in [6.07, 6.45) is 0.602. The first-order valence-corrected chi connectivity index (χ1v) is 10.1. The van der Waals surface area contributed by atoms with Gasteiger partial charge in [0, 0.05) is 31.7 Å². The molecule has 0 aromatic heterocycles. The van der Waals surface area contributed by atoms with Crippen LogP contribution in [0.5, 0.6) is 5.75 Å². The fourth-order valence-corrected chi connectivity index (χ4v) is 3.99. The van der Waals surface area contributed by atoms with Crippen LogP contribution in [0.25, 0.3) is 0 Å². The van der Waals surface area contributed by atoms with Crippen LogP contribution in [0.1, 0.15) is 23.7 Å². The van der Waals surface area contributed by atoms with Crippen molar-refractivity contribution in [3.8, 4) is 5.75 Å². The van der Waals surface area contributed by atoms with Crippen molar-refractivity contribution in [2.75, 3.05) is 39.0 Å². The number of methoxy groups -OCH3 is 1. The lowest BCUT2D eigenvalue weighted by Crippen LogP contribution is -2.51. The van der Waals surface area contributed by atoms with Crippen molar-refractivity contribution in [3.05, 3.63) is 29.8 Å². The Morgan fingerprint density at radius 3 is 2.11 bits per heavy atom. The molecule has 1 aliphatic rings. The number of sulfonamides is 1. The molecule has 1 amide bonds. The Kier molecular flexibility index (Phi) is 8.86. The van der Waals surface area contributed by atoms with Gasteiger partial charge in [0.25, 0.3) is 5.91 Å². The number of aliphatic carboxylic acids is 2. The lowest BCUT2D eigenvalue weighted by atomic mass is 10.1. The van der Waals surface area contributed by atoms with Crippen molar-refractivity contribution in [1.82, 2.24) is 9.21 Å². The standard InChI is InChI=1S/C15H22N2O4S.C2H2O4/c1-3-11-22(19,20)17-9-7-16(8-10-17)15(18)13-5-4-6-14(12-13)21-2;3-1(4)2(5)6/h4-6,12H,3,7-11H2,1-2H3;(H,3,4)(H,5,6). The van der Waals surface area contributed by atoms with Crippen LogP contribution >= 0.6 is 0 Å². The van der Waals surface area contributed by atoms with Crippen LogP contribution in [0.4, 0.5) is 0 Å². The van der Waals surface area contributed by atoms with Gasteiger partial charge in [-0.1, -0.05) is 13.0 Å². The zero-order chi connectivity index (χ0) is 21.3. The van der Waals surface area contributed by atoms with Crippen molar-refractivity contribution in [3.63, 3.8) is 0 Å². The molecule has 0 unspecified atom stereocenters. The van der Waals surface area contributed by atoms with Gasteiger partial charge >= 0.3 is 11.9 Å². The number of hydrogen-bond donors (Lipinski definition) is 2. The average molecular weight is 416 g/mol. The summed E-state index contributed by atoms with van der Waals surface area (Å²) < 4.78 is 30.6. The fourth-order valence-electron chi connectivity index (χ4n) is 2.50. The molecule has 1 aromatic carbocycles. The molecule has 10 nitrogen and oxygen atoms in total. The van der Waals surface area contributed by atoms with Gasteiger partial charge in [-0.05, 0) is 24.6 Å². The first kappa shape index (κ1) is 23.4. The molecular weight excluding hydrogens is 392 g/mol. The summed E-state index contributed by atoms with van der Waals surface area (Å²) in [5.74, 6) is -2.94. The van der Waals surface area contributed by atoms with Gasteiger partial charge in [0.2, 0.25) is 10.0 Å². The maximum atomic E-state index is 12.5. The third-order valence-electron chi connectivity index (χ3n) is 3.88. The van der Waals surface area contributed by atoms with Gasteiger partial charge in [0.15, 0.2) is 0 Å². The largest absolute Gasteiger partial charge is 0.497 e. The average Bonchev–Trinajstić information content (AvgIpc) is 2.68. The number of carbonyl (C=O) groups excluding carboxylic acids is 1. The second kappa shape index (κ2) is 10.6. The van der Waals surface area contributed by atoms with E-state index in [2.05, 4.69) is 0 Å². The van der Waals surface area contributed by atoms with Gasteiger partial charge in [-0.2, -0.15) is 4.31 Å². The van der Waals surface area contributed by atoms with Crippen LogP contribution in [-0.2, 0) is 19.6 Å². The SMILES string of the molecule is CCCS(=O)(=O)N1CCN(C(=O)c2cccc(OC)c2)CC1.O=C(O)C(=O)O. The van der Waals surface area contributed by atoms with E-state index in [4.69, 9.17) is 24.5 Å². The zero-order valence-electron chi connectivity index (χ0n) is 15.7. The molecule has 11 heteroatoms. The van der Waals surface area contributed by atoms with Crippen LogP contribution < -0.4 is 4.74 Å². The number of benzene rings is 1. The molecule has 156 valence electrons. The third kappa shape index (κ3) is 6.82. The highest BCUT2D eigenvalue weighted by molar-refractivity contribution is 7.89. The number of carboxylic acid groups (broad SMARTS) is 2. The van der Waals surface area contributed by atoms with Crippen molar-refractivity contribution in [2.24, 2.45) is 0 Å². The van der Waals surface area contributed by atoms with E-state index in [-0.39, 0.29) is 11.7 Å². The molecule has 2 N–H and O–H groups in total. The highest BCUT2D eigenvalue weighted by atomic mass is 32.2. The molecule has 0 bridgehead atoms. The van der Waals surface area contributed by atoms with E-state index in [0.29, 0.717) is 43.9 Å². The van der Waals surface area contributed by atoms with Crippen LogP contribution in [-0.4, -0.2) is 84.7 Å². The van der Waals surface area contributed by atoms with Gasteiger partial charge in [-0.15, -0.1) is 0 Å². The van der Waals surface area contributed by atoms with Crippen molar-refractivity contribution >= 4 is 27.9 Å². The van der Waals surface area contributed by atoms with E-state index in [1.165, 1.54) is 4.31 Å². The summed E-state index contributed by atoms with van der Waals surface area (Å²) in [7, 11) is -1.63. The van der Waals surface area contributed by atoms with Gasteiger partial charge in [-0.25, -0.2) is 18.0 Å². The molecule has 0 radical (unpaired) electrons. The minimum atomic E-state index is -3.18. The summed E-state index contributed by atoms with van der Waals surface area (Å²) in [4.78, 5) is 32.3. The van der Waals surface area contributed by atoms with E-state index in [1.807, 2.05) is 6.92 Å². The van der Waals surface area contributed by atoms with E-state index < -0.39 is 22.0 Å². The Labute approximate surface area is 163 Å². The predicted octanol–water partition coefficient (Wildman–Crippen LogP) is 0.348. The van der Waals surface area contributed by atoms with Crippen molar-refractivity contribution in [2.45, 2.75) is 13.3 Å². The Balaban J connectivity index is 0.000000568. The number of nitrogens with zero attached hydrogens (tertiary/aromatic N) is 2. The Morgan fingerprint density at radius 2 is 1.64 bits per heavy atom. The summed E-state index contributed by atoms with van der Waals surface area (Å²) in [6, 6.07) is 6.99. The number of carbonyl (C=O) groups is 3. The summed E-state index contributed by atoms with van der Waals surface area (Å²) in [6.45, 7) is 3.40. The predicted molar refractivity (Wildman–Crippen MR) is 99.8 cm³/mol. The maximum Gasteiger partial charge on any atom is 0.414 e.